The van der Waals surface area contributed by atoms with Gasteiger partial charge in [0.1, 0.15) is 5.75 Å². The molecule has 0 aromatic heterocycles. The molecule has 29 heavy (non-hydrogen) atoms. The fourth-order valence-corrected chi connectivity index (χ4v) is 3.29. The summed E-state index contributed by atoms with van der Waals surface area (Å²) in [6.45, 7) is 5.99. The molecule has 1 saturated heterocycles. The molecular formula is C22H25F3N2O2. The lowest BCUT2D eigenvalue weighted by Crippen LogP contribution is -2.50. The zero-order chi connectivity index (χ0) is 21.0. The molecule has 0 bridgehead atoms. The van der Waals surface area contributed by atoms with E-state index < -0.39 is 11.7 Å². The highest BCUT2D eigenvalue weighted by atomic mass is 19.4. The monoisotopic (exact) mass is 406 g/mol. The largest absolute Gasteiger partial charge is 0.484 e. The van der Waals surface area contributed by atoms with Crippen LogP contribution in [0.2, 0.25) is 0 Å². The molecule has 4 nitrogen and oxygen atoms in total. The third kappa shape index (κ3) is 5.43. The van der Waals surface area contributed by atoms with E-state index >= 15 is 0 Å². The Balaban J connectivity index is 1.53. The first-order chi connectivity index (χ1) is 13.7. The van der Waals surface area contributed by atoms with Crippen molar-refractivity contribution in [3.63, 3.8) is 0 Å². The highest BCUT2D eigenvalue weighted by Crippen LogP contribution is 2.31. The van der Waals surface area contributed by atoms with E-state index in [0.29, 0.717) is 43.5 Å². The van der Waals surface area contributed by atoms with Gasteiger partial charge in [-0.3, -0.25) is 4.79 Å². The van der Waals surface area contributed by atoms with Gasteiger partial charge in [0.2, 0.25) is 0 Å². The van der Waals surface area contributed by atoms with Crippen molar-refractivity contribution in [1.82, 2.24) is 4.90 Å². The molecule has 1 aliphatic rings. The number of piperazine rings is 1. The highest BCUT2D eigenvalue weighted by Gasteiger charge is 2.31. The van der Waals surface area contributed by atoms with Crippen LogP contribution >= 0.6 is 0 Å². The van der Waals surface area contributed by atoms with Gasteiger partial charge in [0.05, 0.1) is 5.56 Å². The van der Waals surface area contributed by atoms with Gasteiger partial charge < -0.3 is 14.5 Å². The maximum Gasteiger partial charge on any atom is 0.416 e. The van der Waals surface area contributed by atoms with Gasteiger partial charge in [0.15, 0.2) is 6.61 Å². The SMILES string of the molecule is CC(C)c1cccc(OCC(=O)N2CCN(c3cccc(C(F)(F)F)c3)CC2)c1. The standard InChI is InChI=1S/C22H25F3N2O2/c1-16(2)17-5-3-8-20(13-17)29-15-21(28)27-11-9-26(10-12-27)19-7-4-6-18(14-19)22(23,24)25/h3-8,13-14,16H,9-12,15H2,1-2H3. The minimum atomic E-state index is -4.36. The summed E-state index contributed by atoms with van der Waals surface area (Å²) in [5.41, 5.74) is 1.00. The summed E-state index contributed by atoms with van der Waals surface area (Å²) >= 11 is 0. The van der Waals surface area contributed by atoms with E-state index in [4.69, 9.17) is 4.74 Å². The number of anilines is 1. The number of benzene rings is 2. The first-order valence-corrected chi connectivity index (χ1v) is 9.67. The van der Waals surface area contributed by atoms with E-state index in [9.17, 15) is 18.0 Å². The number of hydrogen-bond acceptors (Lipinski definition) is 3. The lowest BCUT2D eigenvalue weighted by molar-refractivity contribution is -0.137. The van der Waals surface area contributed by atoms with Gasteiger partial charge in [-0.15, -0.1) is 0 Å². The van der Waals surface area contributed by atoms with Crippen molar-refractivity contribution in [3.8, 4) is 5.75 Å². The van der Waals surface area contributed by atoms with Crippen LogP contribution in [0.5, 0.6) is 5.75 Å². The Morgan fingerprint density at radius 2 is 1.72 bits per heavy atom. The van der Waals surface area contributed by atoms with Crippen molar-refractivity contribution in [1.29, 1.82) is 0 Å². The number of amides is 1. The fraction of sp³-hybridized carbons (Fsp3) is 0.409. The van der Waals surface area contributed by atoms with Gasteiger partial charge >= 0.3 is 6.18 Å². The highest BCUT2D eigenvalue weighted by molar-refractivity contribution is 5.78. The van der Waals surface area contributed by atoms with Gasteiger partial charge in [-0.05, 0) is 41.8 Å². The molecule has 156 valence electrons. The average molecular weight is 406 g/mol. The molecule has 2 aromatic rings. The molecule has 2 aromatic carbocycles. The third-order valence-electron chi connectivity index (χ3n) is 5.06. The van der Waals surface area contributed by atoms with Gasteiger partial charge in [-0.2, -0.15) is 13.2 Å². The van der Waals surface area contributed by atoms with Crippen LogP contribution in [0.3, 0.4) is 0 Å². The van der Waals surface area contributed by atoms with Gasteiger partial charge in [0.25, 0.3) is 5.91 Å². The van der Waals surface area contributed by atoms with Crippen LogP contribution in [0.4, 0.5) is 18.9 Å². The molecule has 0 spiro atoms. The minimum Gasteiger partial charge on any atom is -0.484 e. The van der Waals surface area contributed by atoms with E-state index in [1.807, 2.05) is 29.2 Å². The van der Waals surface area contributed by atoms with E-state index in [1.54, 1.807) is 11.0 Å². The molecule has 1 aliphatic heterocycles. The Bertz CT molecular complexity index is 844. The van der Waals surface area contributed by atoms with E-state index in [1.165, 1.54) is 6.07 Å². The van der Waals surface area contributed by atoms with Crippen molar-refractivity contribution in [3.05, 3.63) is 59.7 Å². The van der Waals surface area contributed by atoms with Crippen molar-refractivity contribution in [2.45, 2.75) is 25.9 Å². The fourth-order valence-electron chi connectivity index (χ4n) is 3.29. The normalized spacial score (nSPS) is 15.0. The zero-order valence-corrected chi connectivity index (χ0v) is 16.6. The molecule has 1 heterocycles. The Morgan fingerprint density at radius 3 is 2.38 bits per heavy atom. The molecule has 0 unspecified atom stereocenters. The number of halogens is 3. The van der Waals surface area contributed by atoms with E-state index in [-0.39, 0.29) is 12.5 Å². The Labute approximate surface area is 168 Å². The smallest absolute Gasteiger partial charge is 0.416 e. The van der Waals surface area contributed by atoms with Crippen LogP contribution in [0.25, 0.3) is 0 Å². The van der Waals surface area contributed by atoms with Gasteiger partial charge in [-0.1, -0.05) is 32.0 Å². The Kier molecular flexibility index (Phi) is 6.35. The minimum absolute atomic E-state index is 0.0505. The number of rotatable bonds is 5. The molecule has 0 aliphatic carbocycles. The molecule has 1 fully saturated rings. The zero-order valence-electron chi connectivity index (χ0n) is 16.6. The Morgan fingerprint density at radius 1 is 1.03 bits per heavy atom. The second-order valence-corrected chi connectivity index (χ2v) is 7.43. The predicted octanol–water partition coefficient (Wildman–Crippen LogP) is 4.56. The van der Waals surface area contributed by atoms with E-state index in [0.717, 1.165) is 17.7 Å². The predicted molar refractivity (Wildman–Crippen MR) is 106 cm³/mol. The van der Waals surface area contributed by atoms with Crippen molar-refractivity contribution >= 4 is 11.6 Å². The summed E-state index contributed by atoms with van der Waals surface area (Å²) in [6, 6.07) is 13.0. The van der Waals surface area contributed by atoms with Crippen LogP contribution in [0, 0.1) is 0 Å². The molecule has 0 saturated carbocycles. The summed E-state index contributed by atoms with van der Waals surface area (Å²) in [4.78, 5) is 16.0. The molecule has 3 rings (SSSR count). The topological polar surface area (TPSA) is 32.8 Å². The molecule has 0 N–H and O–H groups in total. The van der Waals surface area contributed by atoms with Crippen LogP contribution in [-0.4, -0.2) is 43.6 Å². The van der Waals surface area contributed by atoms with Gasteiger partial charge in [0, 0.05) is 31.9 Å². The lowest BCUT2D eigenvalue weighted by Gasteiger charge is -2.36. The third-order valence-corrected chi connectivity index (χ3v) is 5.06. The number of alkyl halides is 3. The first-order valence-electron chi connectivity index (χ1n) is 9.67. The summed E-state index contributed by atoms with van der Waals surface area (Å²) in [5, 5.41) is 0. The molecular weight excluding hydrogens is 381 g/mol. The number of hydrogen-bond donors (Lipinski definition) is 0. The second kappa shape index (κ2) is 8.76. The van der Waals surface area contributed by atoms with Crippen LogP contribution < -0.4 is 9.64 Å². The maximum atomic E-state index is 12.9. The number of carbonyl (C=O) groups is 1. The molecule has 0 radical (unpaired) electrons. The summed E-state index contributed by atoms with van der Waals surface area (Å²) < 4.78 is 44.4. The molecule has 1 amide bonds. The van der Waals surface area contributed by atoms with Crippen LogP contribution in [0.1, 0.15) is 30.9 Å². The van der Waals surface area contributed by atoms with Crippen molar-refractivity contribution < 1.29 is 22.7 Å². The average Bonchev–Trinajstić information content (AvgIpc) is 2.72. The van der Waals surface area contributed by atoms with Crippen molar-refractivity contribution in [2.24, 2.45) is 0 Å². The first kappa shape index (κ1) is 21.0. The lowest BCUT2D eigenvalue weighted by atomic mass is 10.0. The Hall–Kier alpha value is -2.70. The van der Waals surface area contributed by atoms with Crippen molar-refractivity contribution in [2.75, 3.05) is 37.7 Å². The van der Waals surface area contributed by atoms with Crippen LogP contribution in [-0.2, 0) is 11.0 Å². The summed E-state index contributed by atoms with van der Waals surface area (Å²) in [6.07, 6.45) is -4.36. The maximum absolute atomic E-state index is 12.9. The van der Waals surface area contributed by atoms with Gasteiger partial charge in [-0.25, -0.2) is 0 Å². The molecule has 7 heteroatoms. The van der Waals surface area contributed by atoms with E-state index in [2.05, 4.69) is 13.8 Å². The number of ether oxygens (including phenoxy) is 1. The number of nitrogens with zero attached hydrogens (tertiary/aromatic N) is 2. The van der Waals surface area contributed by atoms with Crippen LogP contribution in [0.15, 0.2) is 48.5 Å². The summed E-state index contributed by atoms with van der Waals surface area (Å²) in [5.74, 6) is 0.911. The quantitative estimate of drug-likeness (QED) is 0.730. The summed E-state index contributed by atoms with van der Waals surface area (Å²) in [7, 11) is 0. The second-order valence-electron chi connectivity index (χ2n) is 7.43. The molecule has 0 atom stereocenters. The number of carbonyl (C=O) groups excluding carboxylic acids is 1.